The summed E-state index contributed by atoms with van der Waals surface area (Å²) >= 11 is 0. The fourth-order valence-corrected chi connectivity index (χ4v) is 2.12. The van der Waals surface area contributed by atoms with E-state index in [0.29, 0.717) is 23.3 Å². The fraction of sp³-hybridized carbons (Fsp3) is 1.00. The molecule has 0 amide bonds. The van der Waals surface area contributed by atoms with Crippen LogP contribution >= 0.6 is 0 Å². The van der Waals surface area contributed by atoms with Gasteiger partial charge in [-0.25, -0.2) is 0 Å². The van der Waals surface area contributed by atoms with E-state index in [1.807, 2.05) is 0 Å². The molecule has 4 N–H and O–H groups in total. The van der Waals surface area contributed by atoms with E-state index in [-0.39, 0.29) is 0 Å². The second-order valence-electron chi connectivity index (χ2n) is 4.90. The first-order chi connectivity index (χ1) is 5.48. The van der Waals surface area contributed by atoms with Crippen molar-refractivity contribution in [2.75, 3.05) is 6.54 Å². The number of rotatable bonds is 1. The lowest BCUT2D eigenvalue weighted by atomic mass is 9.63. The molecule has 2 nitrogen and oxygen atoms in total. The van der Waals surface area contributed by atoms with Gasteiger partial charge in [-0.2, -0.15) is 0 Å². The van der Waals surface area contributed by atoms with Crippen molar-refractivity contribution >= 4 is 0 Å². The van der Waals surface area contributed by atoms with Gasteiger partial charge in [-0.15, -0.1) is 0 Å². The minimum absolute atomic E-state index is 0.297. The Kier molecular flexibility index (Phi) is 2.79. The molecule has 0 bridgehead atoms. The minimum Gasteiger partial charge on any atom is -0.330 e. The smallest absolute Gasteiger partial charge is 0.00959 e. The van der Waals surface area contributed by atoms with Gasteiger partial charge in [0.15, 0.2) is 0 Å². The van der Waals surface area contributed by atoms with Gasteiger partial charge in [0.25, 0.3) is 0 Å². The highest BCUT2D eigenvalue weighted by atomic mass is 14.7. The van der Waals surface area contributed by atoms with Gasteiger partial charge in [0.2, 0.25) is 0 Å². The molecule has 12 heavy (non-hydrogen) atoms. The zero-order valence-electron chi connectivity index (χ0n) is 8.51. The Hall–Kier alpha value is -0.0800. The molecule has 0 aliphatic heterocycles. The predicted octanol–water partition coefficient (Wildman–Crippen LogP) is 1.34. The van der Waals surface area contributed by atoms with Gasteiger partial charge in [0.05, 0.1) is 0 Å². The number of hydrogen-bond acceptors (Lipinski definition) is 2. The summed E-state index contributed by atoms with van der Waals surface area (Å²) in [6, 6.07) is 0.329. The summed E-state index contributed by atoms with van der Waals surface area (Å²) in [5, 5.41) is 0. The third-order valence-corrected chi connectivity index (χ3v) is 3.83. The van der Waals surface area contributed by atoms with Crippen molar-refractivity contribution in [2.45, 2.75) is 39.7 Å². The van der Waals surface area contributed by atoms with Gasteiger partial charge in [-0.3, -0.25) is 0 Å². The SMILES string of the molecule is CC1CC(CN)CC(N)C1(C)C. The summed E-state index contributed by atoms with van der Waals surface area (Å²) in [5.74, 6) is 1.36. The lowest BCUT2D eigenvalue weighted by Crippen LogP contribution is -2.48. The fourth-order valence-electron chi connectivity index (χ4n) is 2.12. The summed E-state index contributed by atoms with van der Waals surface area (Å²) in [4.78, 5) is 0. The molecule has 0 aromatic heterocycles. The highest BCUT2D eigenvalue weighted by Crippen LogP contribution is 2.41. The van der Waals surface area contributed by atoms with Crippen LogP contribution in [0.5, 0.6) is 0 Å². The van der Waals surface area contributed by atoms with Crippen LogP contribution in [0.3, 0.4) is 0 Å². The molecule has 1 fully saturated rings. The van der Waals surface area contributed by atoms with Gasteiger partial charge >= 0.3 is 0 Å². The minimum atomic E-state index is 0.297. The van der Waals surface area contributed by atoms with Crippen LogP contribution < -0.4 is 11.5 Å². The van der Waals surface area contributed by atoms with Crippen LogP contribution in [0.2, 0.25) is 0 Å². The van der Waals surface area contributed by atoms with E-state index in [1.54, 1.807) is 0 Å². The van der Waals surface area contributed by atoms with E-state index in [2.05, 4.69) is 20.8 Å². The Bertz CT molecular complexity index is 140. The first-order valence-corrected chi connectivity index (χ1v) is 4.94. The molecule has 2 heteroatoms. The Morgan fingerprint density at radius 2 is 1.92 bits per heavy atom. The largest absolute Gasteiger partial charge is 0.330 e. The van der Waals surface area contributed by atoms with Gasteiger partial charge < -0.3 is 11.5 Å². The lowest BCUT2D eigenvalue weighted by molar-refractivity contribution is 0.0870. The van der Waals surface area contributed by atoms with Crippen LogP contribution in [-0.2, 0) is 0 Å². The quantitative estimate of drug-likeness (QED) is 0.624. The Morgan fingerprint density at radius 1 is 1.33 bits per heavy atom. The van der Waals surface area contributed by atoms with Crippen LogP contribution in [0.15, 0.2) is 0 Å². The van der Waals surface area contributed by atoms with Crippen LogP contribution in [0.1, 0.15) is 33.6 Å². The molecule has 0 heterocycles. The maximum atomic E-state index is 6.11. The number of nitrogens with two attached hydrogens (primary N) is 2. The van der Waals surface area contributed by atoms with Crippen molar-refractivity contribution < 1.29 is 0 Å². The van der Waals surface area contributed by atoms with E-state index in [4.69, 9.17) is 11.5 Å². The molecule has 0 saturated heterocycles. The van der Waals surface area contributed by atoms with Crippen molar-refractivity contribution in [1.82, 2.24) is 0 Å². The Morgan fingerprint density at radius 3 is 2.33 bits per heavy atom. The normalized spacial score (nSPS) is 41.2. The second kappa shape index (κ2) is 3.35. The maximum Gasteiger partial charge on any atom is 0.00959 e. The second-order valence-corrected chi connectivity index (χ2v) is 4.90. The summed E-state index contributed by atoms with van der Waals surface area (Å²) in [6.07, 6.45) is 2.35. The third kappa shape index (κ3) is 1.64. The van der Waals surface area contributed by atoms with Gasteiger partial charge in [-0.1, -0.05) is 20.8 Å². The molecule has 1 rings (SSSR count). The van der Waals surface area contributed by atoms with Gasteiger partial charge in [-0.05, 0) is 36.6 Å². The van der Waals surface area contributed by atoms with Crippen LogP contribution in [0.25, 0.3) is 0 Å². The molecule has 1 aliphatic carbocycles. The first kappa shape index (κ1) is 10.0. The zero-order valence-corrected chi connectivity index (χ0v) is 8.51. The monoisotopic (exact) mass is 170 g/mol. The van der Waals surface area contributed by atoms with Crippen LogP contribution in [0.4, 0.5) is 0 Å². The molecule has 1 saturated carbocycles. The van der Waals surface area contributed by atoms with Gasteiger partial charge in [0.1, 0.15) is 0 Å². The van der Waals surface area contributed by atoms with Crippen molar-refractivity contribution in [2.24, 2.45) is 28.7 Å². The molecule has 3 unspecified atom stereocenters. The number of hydrogen-bond donors (Lipinski definition) is 2. The topological polar surface area (TPSA) is 52.0 Å². The third-order valence-electron chi connectivity index (χ3n) is 3.83. The van der Waals surface area contributed by atoms with E-state index < -0.39 is 0 Å². The molecule has 72 valence electrons. The highest BCUT2D eigenvalue weighted by molar-refractivity contribution is 4.93. The summed E-state index contributed by atoms with van der Waals surface area (Å²) < 4.78 is 0. The Labute approximate surface area is 75.7 Å². The van der Waals surface area contributed by atoms with Gasteiger partial charge in [0, 0.05) is 6.04 Å². The average Bonchev–Trinajstić information content (AvgIpc) is 2.00. The van der Waals surface area contributed by atoms with Crippen LogP contribution in [0, 0.1) is 17.3 Å². The highest BCUT2D eigenvalue weighted by Gasteiger charge is 2.38. The molecule has 3 atom stereocenters. The summed E-state index contributed by atoms with van der Waals surface area (Å²) in [6.45, 7) is 7.64. The van der Waals surface area contributed by atoms with Crippen molar-refractivity contribution in [3.8, 4) is 0 Å². The molecule has 1 aliphatic rings. The molecular formula is C10H22N2. The van der Waals surface area contributed by atoms with Crippen molar-refractivity contribution in [3.05, 3.63) is 0 Å². The van der Waals surface area contributed by atoms with E-state index in [0.717, 1.165) is 13.0 Å². The van der Waals surface area contributed by atoms with Crippen molar-refractivity contribution in [1.29, 1.82) is 0 Å². The molecule has 0 spiro atoms. The lowest BCUT2D eigenvalue weighted by Gasteiger charge is -2.45. The van der Waals surface area contributed by atoms with E-state index in [9.17, 15) is 0 Å². The summed E-state index contributed by atoms with van der Waals surface area (Å²) in [7, 11) is 0. The molecule has 0 aromatic rings. The summed E-state index contributed by atoms with van der Waals surface area (Å²) in [5.41, 5.74) is 12.1. The maximum absolute atomic E-state index is 6.11. The van der Waals surface area contributed by atoms with E-state index >= 15 is 0 Å². The van der Waals surface area contributed by atoms with E-state index in [1.165, 1.54) is 6.42 Å². The average molecular weight is 170 g/mol. The standard InChI is InChI=1S/C10H22N2/c1-7-4-8(6-11)5-9(12)10(7,2)3/h7-9H,4-6,11-12H2,1-3H3. The van der Waals surface area contributed by atoms with Crippen LogP contribution in [-0.4, -0.2) is 12.6 Å². The molecule has 0 aromatic carbocycles. The van der Waals surface area contributed by atoms with Crippen molar-refractivity contribution in [3.63, 3.8) is 0 Å². The first-order valence-electron chi connectivity index (χ1n) is 4.94. The Balaban J connectivity index is 2.64. The predicted molar refractivity (Wildman–Crippen MR) is 52.7 cm³/mol. The molecular weight excluding hydrogens is 148 g/mol. The zero-order chi connectivity index (χ0) is 9.35. The molecule has 0 radical (unpaired) electrons.